The quantitative estimate of drug-likeness (QED) is 0.519. The van der Waals surface area contributed by atoms with Gasteiger partial charge >= 0.3 is 0 Å². The second-order valence-electron chi connectivity index (χ2n) is 6.30. The molecule has 4 rings (SSSR count). The highest BCUT2D eigenvalue weighted by Gasteiger charge is 2.19. The minimum atomic E-state index is -0.301. The molecule has 0 radical (unpaired) electrons. The molecule has 0 N–H and O–H groups in total. The SMILES string of the molecule is COc1cc(-c2ccc(C#N)cc2)c(-c2ccc(C)cc2F)n2cncc12. The van der Waals surface area contributed by atoms with Crippen LogP contribution in [-0.4, -0.2) is 16.5 Å². The van der Waals surface area contributed by atoms with E-state index in [-0.39, 0.29) is 5.82 Å². The Hall–Kier alpha value is -3.65. The van der Waals surface area contributed by atoms with E-state index in [4.69, 9.17) is 10.00 Å². The number of ether oxygens (including phenoxy) is 1. The molecule has 0 aliphatic heterocycles. The van der Waals surface area contributed by atoms with Crippen molar-refractivity contribution in [3.8, 4) is 34.2 Å². The Kier molecular flexibility index (Phi) is 4.09. The number of nitriles is 1. The van der Waals surface area contributed by atoms with E-state index >= 15 is 0 Å². The third kappa shape index (κ3) is 2.81. The fourth-order valence-corrected chi connectivity index (χ4v) is 3.25. The summed E-state index contributed by atoms with van der Waals surface area (Å²) in [4.78, 5) is 4.22. The number of fused-ring (bicyclic) bond motifs is 1. The van der Waals surface area contributed by atoms with Crippen LogP contribution in [0.25, 0.3) is 27.9 Å². The van der Waals surface area contributed by atoms with Gasteiger partial charge in [0, 0.05) is 11.1 Å². The van der Waals surface area contributed by atoms with Crippen LogP contribution in [0.3, 0.4) is 0 Å². The zero-order valence-corrected chi connectivity index (χ0v) is 14.9. The van der Waals surface area contributed by atoms with Crippen molar-refractivity contribution in [3.05, 3.63) is 78.0 Å². The molecule has 0 saturated carbocycles. The molecule has 0 spiro atoms. The van der Waals surface area contributed by atoms with Crippen molar-refractivity contribution in [2.45, 2.75) is 6.92 Å². The first-order valence-electron chi connectivity index (χ1n) is 8.42. The predicted octanol–water partition coefficient (Wildman–Crippen LogP) is 5.00. The smallest absolute Gasteiger partial charge is 0.145 e. The second-order valence-corrected chi connectivity index (χ2v) is 6.30. The maximum absolute atomic E-state index is 14.9. The van der Waals surface area contributed by atoms with E-state index in [2.05, 4.69) is 11.1 Å². The number of aromatic nitrogens is 2. The first kappa shape index (κ1) is 16.8. The molecule has 2 aromatic heterocycles. The van der Waals surface area contributed by atoms with Crippen molar-refractivity contribution in [3.63, 3.8) is 0 Å². The number of hydrogen-bond donors (Lipinski definition) is 0. The fraction of sp³-hybridized carbons (Fsp3) is 0.0909. The number of aryl methyl sites for hydroxylation is 1. The summed E-state index contributed by atoms with van der Waals surface area (Å²) < 4.78 is 22.2. The minimum Gasteiger partial charge on any atom is -0.494 e. The molecule has 5 heteroatoms. The lowest BCUT2D eigenvalue weighted by Crippen LogP contribution is -2.00. The highest BCUT2D eigenvalue weighted by Crippen LogP contribution is 2.38. The van der Waals surface area contributed by atoms with E-state index in [9.17, 15) is 4.39 Å². The van der Waals surface area contributed by atoms with Crippen LogP contribution in [0, 0.1) is 24.1 Å². The van der Waals surface area contributed by atoms with Crippen molar-refractivity contribution in [1.29, 1.82) is 5.26 Å². The summed E-state index contributed by atoms with van der Waals surface area (Å²) >= 11 is 0. The van der Waals surface area contributed by atoms with Gasteiger partial charge in [-0.15, -0.1) is 0 Å². The van der Waals surface area contributed by atoms with E-state index in [1.807, 2.05) is 35.6 Å². The first-order valence-corrected chi connectivity index (χ1v) is 8.42. The highest BCUT2D eigenvalue weighted by molar-refractivity contribution is 5.86. The normalized spacial score (nSPS) is 10.7. The molecule has 132 valence electrons. The van der Waals surface area contributed by atoms with Gasteiger partial charge in [-0.1, -0.05) is 18.2 Å². The van der Waals surface area contributed by atoms with E-state index in [1.54, 1.807) is 37.8 Å². The number of methoxy groups -OCH3 is 1. The molecule has 0 saturated heterocycles. The molecule has 0 unspecified atom stereocenters. The molecule has 4 nitrogen and oxygen atoms in total. The lowest BCUT2D eigenvalue weighted by molar-refractivity contribution is 0.418. The monoisotopic (exact) mass is 357 g/mol. The van der Waals surface area contributed by atoms with Crippen LogP contribution < -0.4 is 4.74 Å². The Morgan fingerprint density at radius 3 is 2.52 bits per heavy atom. The molecule has 2 heterocycles. The predicted molar refractivity (Wildman–Crippen MR) is 102 cm³/mol. The maximum Gasteiger partial charge on any atom is 0.145 e. The van der Waals surface area contributed by atoms with Gasteiger partial charge in [0.05, 0.1) is 37.0 Å². The molecule has 0 aliphatic carbocycles. The Bertz CT molecular complexity index is 1190. The van der Waals surface area contributed by atoms with Crippen LogP contribution in [0.4, 0.5) is 4.39 Å². The van der Waals surface area contributed by atoms with Crippen molar-refractivity contribution in [2.75, 3.05) is 7.11 Å². The van der Waals surface area contributed by atoms with Gasteiger partial charge in [0.15, 0.2) is 0 Å². The second kappa shape index (κ2) is 6.58. The van der Waals surface area contributed by atoms with Crippen LogP contribution in [0.15, 0.2) is 61.1 Å². The molecule has 0 fully saturated rings. The summed E-state index contributed by atoms with van der Waals surface area (Å²) in [6.45, 7) is 1.86. The number of pyridine rings is 1. The summed E-state index contributed by atoms with van der Waals surface area (Å²) in [5.41, 5.74) is 4.99. The number of hydrogen-bond acceptors (Lipinski definition) is 3. The van der Waals surface area contributed by atoms with E-state index in [0.29, 0.717) is 22.6 Å². The van der Waals surface area contributed by atoms with Crippen molar-refractivity contribution < 1.29 is 9.13 Å². The topological polar surface area (TPSA) is 50.3 Å². The number of halogens is 1. The number of rotatable bonds is 3. The van der Waals surface area contributed by atoms with Gasteiger partial charge in [-0.05, 0) is 48.4 Å². The Balaban J connectivity index is 2.08. The average Bonchev–Trinajstić information content (AvgIpc) is 3.17. The molecular weight excluding hydrogens is 341 g/mol. The first-order chi connectivity index (χ1) is 13.1. The summed E-state index contributed by atoms with van der Waals surface area (Å²) in [5.74, 6) is 0.341. The van der Waals surface area contributed by atoms with E-state index in [1.165, 1.54) is 6.07 Å². The van der Waals surface area contributed by atoms with E-state index in [0.717, 1.165) is 22.2 Å². The Morgan fingerprint density at radius 2 is 1.85 bits per heavy atom. The number of benzene rings is 2. The van der Waals surface area contributed by atoms with Crippen molar-refractivity contribution in [2.24, 2.45) is 0 Å². The Labute approximate surface area is 156 Å². The van der Waals surface area contributed by atoms with Crippen LogP contribution in [0.2, 0.25) is 0 Å². The van der Waals surface area contributed by atoms with E-state index < -0.39 is 0 Å². The van der Waals surface area contributed by atoms with Crippen molar-refractivity contribution in [1.82, 2.24) is 9.38 Å². The zero-order valence-electron chi connectivity index (χ0n) is 14.9. The summed E-state index contributed by atoms with van der Waals surface area (Å²) in [7, 11) is 1.59. The fourth-order valence-electron chi connectivity index (χ4n) is 3.25. The average molecular weight is 357 g/mol. The lowest BCUT2D eigenvalue weighted by atomic mass is 9.96. The standard InChI is InChI=1S/C22H16FN3O/c1-14-3-8-17(19(23)9-14)22-18(16-6-4-15(11-24)5-7-16)10-21(27-2)20-12-25-13-26(20)22/h3-10,12-13H,1-2H3. The lowest BCUT2D eigenvalue weighted by Gasteiger charge is -2.16. The molecule has 0 amide bonds. The minimum absolute atomic E-state index is 0.301. The molecule has 27 heavy (non-hydrogen) atoms. The molecule has 2 aromatic carbocycles. The Morgan fingerprint density at radius 1 is 1.07 bits per heavy atom. The molecular formula is C22H16FN3O. The number of nitrogens with zero attached hydrogens (tertiary/aromatic N) is 3. The van der Waals surface area contributed by atoms with Crippen LogP contribution in [0.5, 0.6) is 5.75 Å². The maximum atomic E-state index is 14.9. The van der Waals surface area contributed by atoms with Crippen LogP contribution in [0.1, 0.15) is 11.1 Å². The summed E-state index contributed by atoms with van der Waals surface area (Å²) in [5, 5.41) is 9.06. The number of imidazole rings is 1. The van der Waals surface area contributed by atoms with Gasteiger partial charge in [-0.25, -0.2) is 9.37 Å². The largest absolute Gasteiger partial charge is 0.494 e. The third-order valence-electron chi connectivity index (χ3n) is 4.59. The van der Waals surface area contributed by atoms with Gasteiger partial charge in [-0.2, -0.15) is 5.26 Å². The molecule has 0 atom stereocenters. The third-order valence-corrected chi connectivity index (χ3v) is 4.59. The highest BCUT2D eigenvalue weighted by atomic mass is 19.1. The van der Waals surface area contributed by atoms with Gasteiger partial charge < -0.3 is 4.74 Å². The van der Waals surface area contributed by atoms with Crippen LogP contribution >= 0.6 is 0 Å². The zero-order chi connectivity index (χ0) is 19.0. The van der Waals surface area contributed by atoms with Gasteiger partial charge in [0.1, 0.15) is 17.1 Å². The van der Waals surface area contributed by atoms with Gasteiger partial charge in [0.2, 0.25) is 0 Å². The molecule has 4 aromatic rings. The van der Waals surface area contributed by atoms with Crippen LogP contribution in [-0.2, 0) is 0 Å². The van der Waals surface area contributed by atoms with Gasteiger partial charge in [0.25, 0.3) is 0 Å². The summed E-state index contributed by atoms with van der Waals surface area (Å²) in [6.07, 6.45) is 3.34. The van der Waals surface area contributed by atoms with Gasteiger partial charge in [-0.3, -0.25) is 4.40 Å². The molecule has 0 aliphatic rings. The molecule has 0 bridgehead atoms. The van der Waals surface area contributed by atoms with Crippen molar-refractivity contribution >= 4 is 5.52 Å². The summed E-state index contributed by atoms with van der Waals surface area (Å²) in [6, 6.07) is 16.4.